The maximum atomic E-state index is 2.61. The van der Waals surface area contributed by atoms with Crippen LogP contribution in [0.3, 0.4) is 0 Å². The largest absolute Gasteiger partial charge is 0.0610 e. The molecule has 68 heavy (non-hydrogen) atoms. The van der Waals surface area contributed by atoms with E-state index in [1.54, 1.807) is 0 Å². The zero-order valence-corrected chi connectivity index (χ0v) is 41.9. The molecule has 0 unspecified atom stereocenters. The zero-order valence-electron chi connectivity index (χ0n) is 41.9. The van der Waals surface area contributed by atoms with E-state index in [9.17, 15) is 0 Å². The van der Waals surface area contributed by atoms with E-state index in [0.717, 1.165) is 0 Å². The summed E-state index contributed by atoms with van der Waals surface area (Å²) in [5.41, 5.74) is 15.9. The Kier molecular flexibility index (Phi) is 8.21. The fourth-order valence-corrected chi connectivity index (χ4v) is 12.2. The summed E-state index contributed by atoms with van der Waals surface area (Å²) >= 11 is 0. The lowest BCUT2D eigenvalue weighted by atomic mass is 9.76. The maximum absolute atomic E-state index is 2.61. The average molecular weight is 877 g/mol. The van der Waals surface area contributed by atoms with Gasteiger partial charge in [-0.3, -0.25) is 0 Å². The first-order valence-electron chi connectivity index (χ1n) is 24.9. The molecule has 0 heteroatoms. The second-order valence-corrected chi connectivity index (χ2v) is 24.6. The predicted octanol–water partition coefficient (Wildman–Crippen LogP) is 19.1. The van der Waals surface area contributed by atoms with Gasteiger partial charge in [-0.2, -0.15) is 0 Å². The van der Waals surface area contributed by atoms with Crippen molar-refractivity contribution in [3.63, 3.8) is 0 Å². The fourth-order valence-electron chi connectivity index (χ4n) is 12.2. The average Bonchev–Trinajstić information content (AvgIpc) is 3.79. The zero-order chi connectivity index (χ0) is 47.1. The van der Waals surface area contributed by atoms with E-state index in [1.165, 1.54) is 152 Å². The lowest BCUT2D eigenvalue weighted by molar-refractivity contribution is 0.568. The first-order chi connectivity index (χ1) is 32.2. The van der Waals surface area contributed by atoms with Crippen LogP contribution in [0.2, 0.25) is 0 Å². The summed E-state index contributed by atoms with van der Waals surface area (Å²) in [5, 5.41) is 21.3. The van der Waals surface area contributed by atoms with Gasteiger partial charge in [0, 0.05) is 0 Å². The lowest BCUT2D eigenvalue weighted by Gasteiger charge is -2.28. The molecule has 0 amide bonds. The Bertz CT molecular complexity index is 3890. The van der Waals surface area contributed by atoms with Crippen molar-refractivity contribution >= 4 is 64.6 Å². The molecule has 0 radical (unpaired) electrons. The molecule has 0 saturated heterocycles. The van der Waals surface area contributed by atoms with Gasteiger partial charge in [-0.15, -0.1) is 0 Å². The van der Waals surface area contributed by atoms with Crippen molar-refractivity contribution in [2.24, 2.45) is 0 Å². The predicted molar refractivity (Wildman–Crippen MR) is 295 cm³/mol. The summed E-state index contributed by atoms with van der Waals surface area (Å²) < 4.78 is 0. The molecule has 0 atom stereocenters. The van der Waals surface area contributed by atoms with Crippen LogP contribution >= 0.6 is 0 Å². The van der Waals surface area contributed by atoms with Crippen LogP contribution in [0.4, 0.5) is 0 Å². The Balaban J connectivity index is 1.30. The molecule has 13 rings (SSSR count). The van der Waals surface area contributed by atoms with E-state index in [0.29, 0.717) is 0 Å². The molecule has 332 valence electrons. The molecule has 0 aliphatic heterocycles. The van der Waals surface area contributed by atoms with Crippen molar-refractivity contribution in [2.45, 2.75) is 105 Å². The molecule has 0 N–H and O–H groups in total. The van der Waals surface area contributed by atoms with Crippen molar-refractivity contribution in [2.75, 3.05) is 0 Å². The van der Waals surface area contributed by atoms with Crippen molar-refractivity contribution in [1.29, 1.82) is 0 Å². The minimum atomic E-state index is -0.0485. The van der Waals surface area contributed by atoms with Crippen molar-refractivity contribution in [3.8, 4) is 44.5 Å². The van der Waals surface area contributed by atoms with Crippen molar-refractivity contribution in [3.05, 3.63) is 189 Å². The first kappa shape index (κ1) is 41.4. The summed E-state index contributed by atoms with van der Waals surface area (Å²) in [6.07, 6.45) is 0. The third kappa shape index (κ3) is 5.86. The highest BCUT2D eigenvalue weighted by atomic mass is 14.3. The summed E-state index contributed by atoms with van der Waals surface area (Å²) in [5.74, 6) is 0. The molecule has 2 aliphatic rings. The molecule has 0 spiro atoms. The molecule has 0 nitrogen and oxygen atoms in total. The van der Waals surface area contributed by atoms with Gasteiger partial charge in [0.25, 0.3) is 0 Å². The number of hydrogen-bond acceptors (Lipinski definition) is 0. The minimum absolute atomic E-state index is 0.0485. The normalized spacial score (nSPS) is 13.6. The molecule has 0 fully saturated rings. The van der Waals surface area contributed by atoms with Crippen molar-refractivity contribution < 1.29 is 0 Å². The lowest BCUT2D eigenvalue weighted by Crippen LogP contribution is -2.16. The number of benzene rings is 11. The molecular formula is C68H60. The van der Waals surface area contributed by atoms with Crippen LogP contribution in [-0.4, -0.2) is 0 Å². The number of hydrogen-bond donors (Lipinski definition) is 0. The number of rotatable bonds is 2. The fraction of sp³-hybridized carbons (Fsp3) is 0.235. The van der Waals surface area contributed by atoms with Crippen LogP contribution in [0.25, 0.3) is 109 Å². The molecule has 11 aromatic carbocycles. The highest BCUT2D eigenvalue weighted by Crippen LogP contribution is 2.52. The van der Waals surface area contributed by atoms with Crippen LogP contribution in [0, 0.1) is 20.9 Å². The standard InChI is InChI=1S/C68H60/c1-65(2,3)43-27-41(28-44(31-43)66(4,5)6)61-55-33-51-47-23-19-37-15-13-17-39-21-25-49(63(47)59(37)39)53(51)35-57(55)62(42-29-45(67(7,8)9)32-46(30-42)68(10,11)12)58-36-54-50-26-22-40-18-14-16-38-20-24-48(64(50)60(38)40)52(54)34-56(58)61/h13-36H,1-12H3. The number of fused-ring (bicyclic) bond motifs is 6. The van der Waals surface area contributed by atoms with Gasteiger partial charge in [-0.25, -0.2) is 0 Å². The summed E-state index contributed by atoms with van der Waals surface area (Å²) in [4.78, 5) is 0. The Labute approximate surface area is 400 Å². The molecule has 11 aromatic rings. The van der Waals surface area contributed by atoms with Crippen molar-refractivity contribution in [1.82, 2.24) is 0 Å². The van der Waals surface area contributed by atoms with E-state index in [-0.39, 0.29) is 21.7 Å². The van der Waals surface area contributed by atoms with E-state index in [1.807, 2.05) is 0 Å². The third-order valence-electron chi connectivity index (χ3n) is 16.0. The topological polar surface area (TPSA) is 0 Å². The van der Waals surface area contributed by atoms with Gasteiger partial charge in [0.15, 0.2) is 0 Å². The van der Waals surface area contributed by atoms with Gasteiger partial charge >= 0.3 is 0 Å². The Hall–Kier alpha value is -6.76. The summed E-state index contributed by atoms with van der Waals surface area (Å²) in [6.45, 7) is 28.5. The quantitative estimate of drug-likeness (QED) is 0.152. The monoisotopic (exact) mass is 876 g/mol. The first-order valence-corrected chi connectivity index (χ1v) is 24.9. The molecule has 2 aliphatic carbocycles. The third-order valence-corrected chi connectivity index (χ3v) is 16.0. The van der Waals surface area contributed by atoms with Crippen LogP contribution < -0.4 is 0 Å². The van der Waals surface area contributed by atoms with Gasteiger partial charge < -0.3 is 0 Å². The van der Waals surface area contributed by atoms with E-state index in [2.05, 4.69) is 229 Å². The molecule has 0 bridgehead atoms. The molecule has 0 saturated carbocycles. The summed E-state index contributed by atoms with van der Waals surface area (Å²) in [7, 11) is 0. The Morgan fingerprint density at radius 3 is 0.882 bits per heavy atom. The maximum Gasteiger partial charge on any atom is -0.00143 e. The minimum Gasteiger partial charge on any atom is -0.0610 e. The SMILES string of the molecule is CC(C)(C)c1cc(-c2c3cc4c(cc3c(-c3cc(C(C)(C)C)cc(C(C)(C)C)c3)c3cc5c(cc23)=c2ccc3cccc6ccc-5c2c63)=c2ccc3cccc5ccc-4c2c53)cc(C(C)(C)C)c1. The highest BCUT2D eigenvalue weighted by molar-refractivity contribution is 6.25. The van der Waals surface area contributed by atoms with Gasteiger partial charge in [-0.1, -0.05) is 204 Å². The smallest absolute Gasteiger partial charge is 0.00143 e. The second kappa shape index (κ2) is 13.5. The van der Waals surface area contributed by atoms with Crippen LogP contribution in [0.1, 0.15) is 105 Å². The van der Waals surface area contributed by atoms with Crippen LogP contribution in [0.5, 0.6) is 0 Å². The summed E-state index contributed by atoms with van der Waals surface area (Å²) in [6, 6.07) is 58.0. The van der Waals surface area contributed by atoms with E-state index >= 15 is 0 Å². The van der Waals surface area contributed by atoms with Gasteiger partial charge in [0.05, 0.1) is 0 Å². The van der Waals surface area contributed by atoms with Gasteiger partial charge in [0.1, 0.15) is 0 Å². The second-order valence-electron chi connectivity index (χ2n) is 24.6. The van der Waals surface area contributed by atoms with Crippen LogP contribution in [-0.2, 0) is 21.7 Å². The van der Waals surface area contributed by atoms with Gasteiger partial charge in [-0.05, 0) is 198 Å². The van der Waals surface area contributed by atoms with Crippen LogP contribution in [0.15, 0.2) is 146 Å². The van der Waals surface area contributed by atoms with Gasteiger partial charge in [0.2, 0.25) is 0 Å². The van der Waals surface area contributed by atoms with E-state index in [4.69, 9.17) is 0 Å². The molecule has 0 heterocycles. The molecule has 0 aromatic heterocycles. The highest BCUT2D eigenvalue weighted by Gasteiger charge is 2.29. The van der Waals surface area contributed by atoms with E-state index < -0.39 is 0 Å². The Morgan fingerprint density at radius 2 is 0.559 bits per heavy atom. The Morgan fingerprint density at radius 1 is 0.250 bits per heavy atom. The molecular weight excluding hydrogens is 817 g/mol.